The zero-order valence-electron chi connectivity index (χ0n) is 16.5. The highest BCUT2D eigenvalue weighted by Crippen LogP contribution is 2.24. The van der Waals surface area contributed by atoms with E-state index in [1.807, 2.05) is 42.5 Å². The van der Waals surface area contributed by atoms with Gasteiger partial charge in [-0.3, -0.25) is 14.3 Å². The first kappa shape index (κ1) is 21.9. The van der Waals surface area contributed by atoms with Gasteiger partial charge in [0.2, 0.25) is 15.8 Å². The van der Waals surface area contributed by atoms with Crippen LogP contribution in [0.15, 0.2) is 71.6 Å². The fourth-order valence-corrected chi connectivity index (χ4v) is 4.13. The Kier molecular flexibility index (Phi) is 6.79. The number of ether oxygens (including phenoxy) is 1. The number of esters is 1. The Hall–Kier alpha value is -2.84. The molecule has 0 saturated carbocycles. The van der Waals surface area contributed by atoms with E-state index in [9.17, 15) is 18.0 Å². The molecule has 0 saturated heterocycles. The van der Waals surface area contributed by atoms with Crippen LogP contribution in [0.1, 0.15) is 17.3 Å². The minimum absolute atomic E-state index is 0.0905. The zero-order valence-corrected chi connectivity index (χ0v) is 18.1. The fraction of sp³-hybridized carbons (Fsp3) is 0.182. The Morgan fingerprint density at radius 2 is 1.67 bits per heavy atom. The second-order valence-corrected chi connectivity index (χ2v) is 9.54. The summed E-state index contributed by atoms with van der Waals surface area (Å²) in [5, 5.41) is 2.22. The van der Waals surface area contributed by atoms with E-state index >= 15 is 0 Å². The highest BCUT2D eigenvalue weighted by atomic mass is 32.2. The maximum absolute atomic E-state index is 12.5. The van der Waals surface area contributed by atoms with Crippen molar-refractivity contribution in [2.24, 2.45) is 0 Å². The van der Waals surface area contributed by atoms with Gasteiger partial charge in [0.15, 0.2) is 6.10 Å². The Morgan fingerprint density at radius 1 is 1.00 bits per heavy atom. The number of hydrogen-bond donors (Lipinski definition) is 1. The van der Waals surface area contributed by atoms with Gasteiger partial charge in [0.1, 0.15) is 0 Å². The number of anilines is 1. The number of carbonyl (C=O) groups excluding carboxylic acids is 2. The van der Waals surface area contributed by atoms with Crippen LogP contribution in [0.25, 0.3) is 10.8 Å². The standard InChI is InChI=1S/C22H21NO5S2/c1-15(22(25)17-7-10-19(11-8-17)23-30(2,26)27)28-21(24)14-29-20-12-9-16-5-3-4-6-18(16)13-20/h3-13,15,23H,14H2,1-2H3. The molecule has 6 nitrogen and oxygen atoms in total. The van der Waals surface area contributed by atoms with Gasteiger partial charge in [0.25, 0.3) is 0 Å². The van der Waals surface area contributed by atoms with Crippen LogP contribution in [0.3, 0.4) is 0 Å². The molecule has 1 atom stereocenters. The van der Waals surface area contributed by atoms with Gasteiger partial charge in [0, 0.05) is 16.1 Å². The SMILES string of the molecule is CC(OC(=O)CSc1ccc2ccccc2c1)C(=O)c1ccc(NS(C)(=O)=O)cc1. The van der Waals surface area contributed by atoms with Crippen LogP contribution in [0.4, 0.5) is 5.69 Å². The first-order valence-corrected chi connectivity index (χ1v) is 12.0. The summed E-state index contributed by atoms with van der Waals surface area (Å²) in [6.45, 7) is 1.52. The van der Waals surface area contributed by atoms with Crippen LogP contribution < -0.4 is 4.72 Å². The number of thioether (sulfide) groups is 1. The lowest BCUT2D eigenvalue weighted by atomic mass is 10.1. The van der Waals surface area contributed by atoms with E-state index in [2.05, 4.69) is 4.72 Å². The molecular formula is C22H21NO5S2. The van der Waals surface area contributed by atoms with Gasteiger partial charge >= 0.3 is 5.97 Å². The van der Waals surface area contributed by atoms with E-state index in [-0.39, 0.29) is 11.5 Å². The highest BCUT2D eigenvalue weighted by Gasteiger charge is 2.19. The predicted molar refractivity (Wildman–Crippen MR) is 119 cm³/mol. The molecule has 0 radical (unpaired) electrons. The molecule has 30 heavy (non-hydrogen) atoms. The summed E-state index contributed by atoms with van der Waals surface area (Å²) in [6, 6.07) is 19.9. The van der Waals surface area contributed by atoms with Gasteiger partial charge < -0.3 is 4.74 Å². The molecule has 1 unspecified atom stereocenters. The summed E-state index contributed by atoms with van der Waals surface area (Å²) in [4.78, 5) is 25.6. The van der Waals surface area contributed by atoms with Crippen molar-refractivity contribution in [1.82, 2.24) is 0 Å². The maximum Gasteiger partial charge on any atom is 0.316 e. The predicted octanol–water partition coefficient (Wildman–Crippen LogP) is 4.12. The van der Waals surface area contributed by atoms with Crippen LogP contribution in [-0.4, -0.2) is 38.3 Å². The van der Waals surface area contributed by atoms with Crippen molar-refractivity contribution in [1.29, 1.82) is 0 Å². The van der Waals surface area contributed by atoms with E-state index < -0.39 is 22.1 Å². The second kappa shape index (κ2) is 9.32. The average molecular weight is 444 g/mol. The summed E-state index contributed by atoms with van der Waals surface area (Å²) in [7, 11) is -3.39. The first-order valence-electron chi connectivity index (χ1n) is 9.14. The zero-order chi connectivity index (χ0) is 21.7. The number of rotatable bonds is 8. The molecule has 156 valence electrons. The molecule has 1 N–H and O–H groups in total. The lowest BCUT2D eigenvalue weighted by Crippen LogP contribution is -2.25. The fourth-order valence-electron chi connectivity index (χ4n) is 2.84. The second-order valence-electron chi connectivity index (χ2n) is 6.75. The minimum Gasteiger partial charge on any atom is -0.454 e. The third-order valence-electron chi connectivity index (χ3n) is 4.23. The van der Waals surface area contributed by atoms with Gasteiger partial charge in [-0.1, -0.05) is 30.3 Å². The number of ketones is 1. The Balaban J connectivity index is 1.54. The van der Waals surface area contributed by atoms with E-state index in [0.717, 1.165) is 21.9 Å². The molecule has 0 aliphatic carbocycles. The Morgan fingerprint density at radius 3 is 2.33 bits per heavy atom. The third-order valence-corrected chi connectivity index (χ3v) is 5.80. The van der Waals surface area contributed by atoms with Gasteiger partial charge in [-0.15, -0.1) is 11.8 Å². The summed E-state index contributed by atoms with van der Waals surface area (Å²) < 4.78 is 30.1. The van der Waals surface area contributed by atoms with Crippen molar-refractivity contribution in [3.05, 3.63) is 72.3 Å². The van der Waals surface area contributed by atoms with Gasteiger partial charge in [-0.25, -0.2) is 8.42 Å². The van der Waals surface area contributed by atoms with E-state index in [0.29, 0.717) is 11.3 Å². The first-order chi connectivity index (χ1) is 14.2. The molecule has 0 spiro atoms. The van der Waals surface area contributed by atoms with Crippen LogP contribution in [0, 0.1) is 0 Å². The van der Waals surface area contributed by atoms with Crippen LogP contribution in [0.2, 0.25) is 0 Å². The molecule has 0 amide bonds. The van der Waals surface area contributed by atoms with E-state index in [1.54, 1.807) is 0 Å². The molecule has 8 heteroatoms. The smallest absolute Gasteiger partial charge is 0.316 e. The van der Waals surface area contributed by atoms with Crippen molar-refractivity contribution in [2.75, 3.05) is 16.7 Å². The maximum atomic E-state index is 12.5. The van der Waals surface area contributed by atoms with Gasteiger partial charge in [-0.2, -0.15) is 0 Å². The van der Waals surface area contributed by atoms with Crippen molar-refractivity contribution < 1.29 is 22.7 Å². The molecule has 3 aromatic rings. The Bertz CT molecular complexity index is 1170. The van der Waals surface area contributed by atoms with Crippen molar-refractivity contribution in [2.45, 2.75) is 17.9 Å². The molecule has 3 aromatic carbocycles. The number of benzene rings is 3. The van der Waals surface area contributed by atoms with Crippen LogP contribution in [0.5, 0.6) is 0 Å². The molecule has 0 aliphatic rings. The largest absolute Gasteiger partial charge is 0.454 e. The third kappa shape index (κ3) is 6.08. The number of fused-ring (bicyclic) bond motifs is 1. The van der Waals surface area contributed by atoms with E-state index in [1.165, 1.54) is 43.0 Å². The monoisotopic (exact) mass is 443 g/mol. The van der Waals surface area contributed by atoms with Crippen molar-refractivity contribution in [3.63, 3.8) is 0 Å². The number of Topliss-reactive ketones (excluding diaryl/α,β-unsaturated/α-hetero) is 1. The highest BCUT2D eigenvalue weighted by molar-refractivity contribution is 8.00. The lowest BCUT2D eigenvalue weighted by molar-refractivity contribution is -0.143. The summed E-state index contributed by atoms with van der Waals surface area (Å²) >= 11 is 1.35. The quantitative estimate of drug-likeness (QED) is 0.320. The number of hydrogen-bond acceptors (Lipinski definition) is 6. The van der Waals surface area contributed by atoms with Crippen LogP contribution in [-0.2, 0) is 19.6 Å². The molecule has 0 fully saturated rings. The summed E-state index contributed by atoms with van der Waals surface area (Å²) in [6.07, 6.45) is 0.104. The van der Waals surface area contributed by atoms with Gasteiger partial charge in [-0.05, 0) is 54.1 Å². The normalized spacial score (nSPS) is 12.3. The van der Waals surface area contributed by atoms with Gasteiger partial charge in [0.05, 0.1) is 12.0 Å². The number of carbonyl (C=O) groups is 2. The minimum atomic E-state index is -3.39. The number of sulfonamides is 1. The van der Waals surface area contributed by atoms with Crippen molar-refractivity contribution in [3.8, 4) is 0 Å². The molecule has 0 aromatic heterocycles. The lowest BCUT2D eigenvalue weighted by Gasteiger charge is -2.13. The van der Waals surface area contributed by atoms with Crippen LogP contribution >= 0.6 is 11.8 Å². The molecule has 0 bridgehead atoms. The van der Waals surface area contributed by atoms with Crippen molar-refractivity contribution >= 4 is 50.0 Å². The topological polar surface area (TPSA) is 89.5 Å². The molecule has 0 aliphatic heterocycles. The summed E-state index contributed by atoms with van der Waals surface area (Å²) in [5.41, 5.74) is 0.682. The molecule has 0 heterocycles. The number of nitrogens with one attached hydrogen (secondary N) is 1. The molecular weight excluding hydrogens is 422 g/mol. The average Bonchev–Trinajstić information content (AvgIpc) is 2.71. The Labute approximate surface area is 179 Å². The molecule has 3 rings (SSSR count). The van der Waals surface area contributed by atoms with E-state index in [4.69, 9.17) is 4.74 Å². The summed E-state index contributed by atoms with van der Waals surface area (Å²) in [5.74, 6) is -0.748.